The average Bonchev–Trinajstić information content (AvgIpc) is 2.73. The Hall–Kier alpha value is -2.05. The fourth-order valence-corrected chi connectivity index (χ4v) is 5.20. The summed E-state index contributed by atoms with van der Waals surface area (Å²) >= 11 is 11.9. The van der Waals surface area contributed by atoms with Crippen molar-refractivity contribution in [2.24, 2.45) is 0 Å². The predicted octanol–water partition coefficient (Wildman–Crippen LogP) is 2.59. The average molecular weight is 538 g/mol. The first kappa shape index (κ1) is 27.2. The molecule has 1 atom stereocenters. The topological polar surface area (TPSA) is 113 Å². The number of sulfonamides is 2. The summed E-state index contributed by atoms with van der Waals surface area (Å²) in [6.45, 7) is 1.63. The van der Waals surface area contributed by atoms with Gasteiger partial charge < -0.3 is 10.1 Å². The van der Waals surface area contributed by atoms with Crippen molar-refractivity contribution in [3.8, 4) is 5.75 Å². The van der Waals surface area contributed by atoms with Crippen LogP contribution in [-0.4, -0.2) is 66.6 Å². The highest BCUT2D eigenvalue weighted by Crippen LogP contribution is 2.29. The van der Waals surface area contributed by atoms with E-state index in [9.17, 15) is 21.6 Å². The largest absolute Gasteiger partial charge is 0.492 e. The summed E-state index contributed by atoms with van der Waals surface area (Å²) in [5.41, 5.74) is 0.207. The Bertz CT molecular complexity index is 1200. The zero-order valence-corrected chi connectivity index (χ0v) is 21.6. The van der Waals surface area contributed by atoms with Crippen molar-refractivity contribution in [1.82, 2.24) is 9.62 Å². The molecule has 9 nitrogen and oxygen atoms in total. The second kappa shape index (κ2) is 10.9. The van der Waals surface area contributed by atoms with Crippen LogP contribution < -0.4 is 14.4 Å². The van der Waals surface area contributed by atoms with Crippen LogP contribution in [0.15, 0.2) is 47.4 Å². The first-order chi connectivity index (χ1) is 15.2. The third-order valence-electron chi connectivity index (χ3n) is 4.52. The molecule has 0 bridgehead atoms. The van der Waals surface area contributed by atoms with Gasteiger partial charge in [-0.05, 0) is 49.4 Å². The molecule has 13 heteroatoms. The van der Waals surface area contributed by atoms with Crippen molar-refractivity contribution in [3.63, 3.8) is 0 Å². The zero-order valence-electron chi connectivity index (χ0n) is 18.4. The van der Waals surface area contributed by atoms with Gasteiger partial charge in [-0.1, -0.05) is 23.2 Å². The molecule has 0 aromatic heterocycles. The van der Waals surface area contributed by atoms with E-state index in [-0.39, 0.29) is 33.8 Å². The van der Waals surface area contributed by atoms with Crippen molar-refractivity contribution in [1.29, 1.82) is 0 Å². The van der Waals surface area contributed by atoms with Gasteiger partial charge in [0.2, 0.25) is 26.0 Å². The van der Waals surface area contributed by atoms with Gasteiger partial charge in [-0.3, -0.25) is 9.10 Å². The SMILES string of the molecule is C[C@H](C(=O)NCCOc1ccc(S(=O)(=O)N(C)C)cc1)N(c1ccc(Cl)c(Cl)c1)S(C)(=O)=O. The Morgan fingerprint density at radius 2 is 1.64 bits per heavy atom. The van der Waals surface area contributed by atoms with E-state index in [0.29, 0.717) is 5.75 Å². The van der Waals surface area contributed by atoms with Crippen LogP contribution in [0.25, 0.3) is 0 Å². The fraction of sp³-hybridized carbons (Fsp3) is 0.350. The molecule has 1 amide bonds. The molecule has 2 aromatic carbocycles. The number of halogens is 2. The number of amides is 1. The van der Waals surface area contributed by atoms with Crippen molar-refractivity contribution in [2.75, 3.05) is 37.8 Å². The summed E-state index contributed by atoms with van der Waals surface area (Å²) < 4.78 is 56.4. The first-order valence-electron chi connectivity index (χ1n) is 9.62. The van der Waals surface area contributed by atoms with Crippen molar-refractivity contribution < 1.29 is 26.4 Å². The minimum Gasteiger partial charge on any atom is -0.492 e. The number of rotatable bonds is 10. The van der Waals surface area contributed by atoms with Crippen LogP contribution in [0.3, 0.4) is 0 Å². The van der Waals surface area contributed by atoms with Crippen LogP contribution in [0.4, 0.5) is 5.69 Å². The highest BCUT2D eigenvalue weighted by Gasteiger charge is 2.29. The molecule has 2 aromatic rings. The molecule has 33 heavy (non-hydrogen) atoms. The van der Waals surface area contributed by atoms with Gasteiger partial charge in [0, 0.05) is 14.1 Å². The molecule has 0 aliphatic carbocycles. The van der Waals surface area contributed by atoms with Gasteiger partial charge in [-0.2, -0.15) is 0 Å². The summed E-state index contributed by atoms with van der Waals surface area (Å²) in [6, 6.07) is 9.09. The standard InChI is InChI=1S/C20H25Cl2N3O6S2/c1-14(25(32(4,27)28)15-5-10-18(21)19(22)13-15)20(26)23-11-12-31-16-6-8-17(9-7-16)33(29,30)24(2)3/h5-10,13-14H,11-12H2,1-4H3,(H,23,26)/t14-/m1/s1. The molecule has 0 radical (unpaired) electrons. The number of hydrogen-bond acceptors (Lipinski definition) is 6. The summed E-state index contributed by atoms with van der Waals surface area (Å²) in [5.74, 6) is -0.119. The zero-order chi connectivity index (χ0) is 25.0. The van der Waals surface area contributed by atoms with Gasteiger partial charge in [0.1, 0.15) is 18.4 Å². The van der Waals surface area contributed by atoms with Crippen molar-refractivity contribution in [2.45, 2.75) is 17.9 Å². The van der Waals surface area contributed by atoms with Gasteiger partial charge in [0.25, 0.3) is 0 Å². The molecule has 0 saturated heterocycles. The van der Waals surface area contributed by atoms with Gasteiger partial charge in [-0.15, -0.1) is 0 Å². The molecule has 0 fully saturated rings. The lowest BCUT2D eigenvalue weighted by Crippen LogP contribution is -2.48. The summed E-state index contributed by atoms with van der Waals surface area (Å²) in [7, 11) is -4.46. The number of carbonyl (C=O) groups excluding carboxylic acids is 1. The van der Waals surface area contributed by atoms with E-state index in [4.69, 9.17) is 27.9 Å². The Labute approximate surface area is 204 Å². The van der Waals surface area contributed by atoms with E-state index in [1.807, 2.05) is 0 Å². The van der Waals surface area contributed by atoms with E-state index in [0.717, 1.165) is 14.9 Å². The maximum Gasteiger partial charge on any atom is 0.243 e. The first-order valence-corrected chi connectivity index (χ1v) is 13.7. The summed E-state index contributed by atoms with van der Waals surface area (Å²) in [5, 5.41) is 3.04. The van der Waals surface area contributed by atoms with Gasteiger partial charge in [0.05, 0.1) is 33.4 Å². The monoisotopic (exact) mass is 537 g/mol. The number of carbonyl (C=O) groups is 1. The van der Waals surface area contributed by atoms with Gasteiger partial charge in [-0.25, -0.2) is 21.1 Å². The number of ether oxygens (including phenoxy) is 1. The molecule has 0 unspecified atom stereocenters. The molecule has 2 rings (SSSR count). The van der Waals surface area contributed by atoms with Crippen LogP contribution in [0.1, 0.15) is 6.92 Å². The number of nitrogens with zero attached hydrogens (tertiary/aromatic N) is 2. The van der Waals surface area contributed by atoms with E-state index < -0.39 is 32.0 Å². The van der Waals surface area contributed by atoms with Crippen molar-refractivity contribution in [3.05, 3.63) is 52.5 Å². The molecule has 0 heterocycles. The van der Waals surface area contributed by atoms with Crippen LogP contribution in [0.2, 0.25) is 10.0 Å². The molecular formula is C20H25Cl2N3O6S2. The molecule has 0 spiro atoms. The second-order valence-electron chi connectivity index (χ2n) is 7.23. The van der Waals surface area contributed by atoms with E-state index in [1.165, 1.54) is 63.5 Å². The van der Waals surface area contributed by atoms with Gasteiger partial charge >= 0.3 is 0 Å². The van der Waals surface area contributed by atoms with E-state index >= 15 is 0 Å². The quantitative estimate of drug-likeness (QED) is 0.466. The molecule has 1 N–H and O–H groups in total. The fourth-order valence-electron chi connectivity index (χ4n) is 2.84. The molecule has 0 aliphatic heterocycles. The van der Waals surface area contributed by atoms with Crippen LogP contribution in [0.5, 0.6) is 5.75 Å². The number of anilines is 1. The smallest absolute Gasteiger partial charge is 0.243 e. The lowest BCUT2D eigenvalue weighted by atomic mass is 10.2. The Kier molecular flexibility index (Phi) is 9.00. The lowest BCUT2D eigenvalue weighted by Gasteiger charge is -2.28. The Morgan fingerprint density at radius 3 is 2.15 bits per heavy atom. The molecule has 182 valence electrons. The molecular weight excluding hydrogens is 513 g/mol. The van der Waals surface area contributed by atoms with Crippen LogP contribution in [-0.2, 0) is 24.8 Å². The minimum atomic E-state index is -3.80. The highest BCUT2D eigenvalue weighted by atomic mass is 35.5. The maximum atomic E-state index is 12.6. The van der Waals surface area contributed by atoms with E-state index in [1.54, 1.807) is 0 Å². The van der Waals surface area contributed by atoms with Gasteiger partial charge in [0.15, 0.2) is 0 Å². The number of nitrogens with one attached hydrogen (secondary N) is 1. The van der Waals surface area contributed by atoms with Crippen LogP contribution >= 0.6 is 23.2 Å². The summed E-state index contributed by atoms with van der Waals surface area (Å²) in [4.78, 5) is 12.7. The predicted molar refractivity (Wildman–Crippen MR) is 129 cm³/mol. The van der Waals surface area contributed by atoms with E-state index in [2.05, 4.69) is 5.32 Å². The second-order valence-corrected chi connectivity index (χ2v) is 12.1. The molecule has 0 saturated carbocycles. The highest BCUT2D eigenvalue weighted by molar-refractivity contribution is 7.92. The number of benzene rings is 2. The van der Waals surface area contributed by atoms with Crippen LogP contribution in [0, 0.1) is 0 Å². The maximum absolute atomic E-state index is 12.6. The lowest BCUT2D eigenvalue weighted by molar-refractivity contribution is -0.121. The summed E-state index contributed by atoms with van der Waals surface area (Å²) in [6.07, 6.45) is 0.989. The Morgan fingerprint density at radius 1 is 1.03 bits per heavy atom. The third-order valence-corrected chi connectivity index (χ3v) is 8.33. The number of hydrogen-bond donors (Lipinski definition) is 1. The third kappa shape index (κ3) is 6.97. The minimum absolute atomic E-state index is 0.0872. The Balaban J connectivity index is 1.98. The normalized spacial score (nSPS) is 12.9. The molecule has 0 aliphatic rings. The van der Waals surface area contributed by atoms with Crippen molar-refractivity contribution >= 4 is 54.8 Å².